The molecule has 2 aromatic heterocycles. The number of hydrogen-bond acceptors (Lipinski definition) is 3. The van der Waals surface area contributed by atoms with E-state index in [1.54, 1.807) is 10.9 Å². The van der Waals surface area contributed by atoms with Crippen molar-refractivity contribution in [1.29, 1.82) is 0 Å². The van der Waals surface area contributed by atoms with Crippen LogP contribution in [0.5, 0.6) is 0 Å². The Morgan fingerprint density at radius 3 is 2.95 bits per heavy atom. The van der Waals surface area contributed by atoms with Gasteiger partial charge in [-0.15, -0.1) is 0 Å². The number of para-hydroxylation sites is 1. The fourth-order valence-electron chi connectivity index (χ4n) is 2.22. The molecule has 0 saturated carbocycles. The van der Waals surface area contributed by atoms with Crippen LogP contribution in [0.15, 0.2) is 40.9 Å². The minimum absolute atomic E-state index is 0.414. The van der Waals surface area contributed by atoms with E-state index in [0.29, 0.717) is 10.8 Å². The van der Waals surface area contributed by atoms with Gasteiger partial charge >= 0.3 is 0 Å². The fourth-order valence-corrected chi connectivity index (χ4v) is 2.48. The van der Waals surface area contributed by atoms with Crippen molar-refractivity contribution < 1.29 is 4.42 Å². The lowest BCUT2D eigenvalue weighted by atomic mass is 10.1. The first-order valence-electron chi connectivity index (χ1n) is 6.16. The summed E-state index contributed by atoms with van der Waals surface area (Å²) < 4.78 is 7.58. The maximum Gasteiger partial charge on any atom is 0.134 e. The molecule has 2 heterocycles. The molecule has 98 valence electrons. The van der Waals surface area contributed by atoms with Gasteiger partial charge in [-0.05, 0) is 19.1 Å². The molecule has 0 aliphatic carbocycles. The number of benzene rings is 1. The van der Waals surface area contributed by atoms with Crippen LogP contribution in [-0.2, 0) is 6.54 Å². The van der Waals surface area contributed by atoms with Gasteiger partial charge in [0.1, 0.15) is 17.4 Å². The van der Waals surface area contributed by atoms with Crippen LogP contribution in [0, 0.1) is 0 Å². The second-order valence-electron chi connectivity index (χ2n) is 4.36. The molecule has 4 nitrogen and oxygen atoms in total. The Bertz CT molecular complexity index is 683. The molecule has 3 rings (SSSR count). The molecule has 0 saturated heterocycles. The molecule has 0 radical (unpaired) electrons. The molecule has 0 fully saturated rings. The Morgan fingerprint density at radius 2 is 2.21 bits per heavy atom. The van der Waals surface area contributed by atoms with Crippen LogP contribution in [0.2, 0.25) is 5.02 Å². The zero-order chi connectivity index (χ0) is 13.4. The standard InChI is InChI=1S/C14H14ClN3O/c1-2-18-14(10(15)8-17-18)13(16)12-7-9-5-3-4-6-11(9)19-12/h3-8,13H,2,16H2,1H3. The van der Waals surface area contributed by atoms with E-state index < -0.39 is 6.04 Å². The summed E-state index contributed by atoms with van der Waals surface area (Å²) in [6.07, 6.45) is 1.61. The van der Waals surface area contributed by atoms with Crippen LogP contribution in [0.25, 0.3) is 11.0 Å². The largest absolute Gasteiger partial charge is 0.459 e. The van der Waals surface area contributed by atoms with Crippen molar-refractivity contribution in [2.24, 2.45) is 5.73 Å². The van der Waals surface area contributed by atoms with E-state index in [2.05, 4.69) is 5.10 Å². The summed E-state index contributed by atoms with van der Waals surface area (Å²) in [5.74, 6) is 0.693. The van der Waals surface area contributed by atoms with Crippen molar-refractivity contribution in [2.45, 2.75) is 19.5 Å². The van der Waals surface area contributed by atoms with Gasteiger partial charge in [-0.2, -0.15) is 5.10 Å². The van der Waals surface area contributed by atoms with E-state index in [0.717, 1.165) is 23.2 Å². The van der Waals surface area contributed by atoms with Crippen molar-refractivity contribution >= 4 is 22.6 Å². The van der Waals surface area contributed by atoms with E-state index in [-0.39, 0.29) is 0 Å². The molecule has 1 unspecified atom stereocenters. The van der Waals surface area contributed by atoms with Crippen LogP contribution < -0.4 is 5.73 Å². The molecule has 0 bridgehead atoms. The highest BCUT2D eigenvalue weighted by molar-refractivity contribution is 6.31. The smallest absolute Gasteiger partial charge is 0.134 e. The van der Waals surface area contributed by atoms with Crippen molar-refractivity contribution in [1.82, 2.24) is 9.78 Å². The summed E-state index contributed by atoms with van der Waals surface area (Å²) in [7, 11) is 0. The van der Waals surface area contributed by atoms with Crippen LogP contribution in [0.4, 0.5) is 0 Å². The van der Waals surface area contributed by atoms with E-state index in [1.165, 1.54) is 0 Å². The maximum absolute atomic E-state index is 6.26. The number of aryl methyl sites for hydroxylation is 1. The molecule has 0 spiro atoms. The molecule has 3 aromatic rings. The SMILES string of the molecule is CCn1ncc(Cl)c1C(N)c1cc2ccccc2o1. The van der Waals surface area contributed by atoms with E-state index in [1.807, 2.05) is 37.3 Å². The molecule has 5 heteroatoms. The Morgan fingerprint density at radius 1 is 1.42 bits per heavy atom. The van der Waals surface area contributed by atoms with Crippen LogP contribution in [0.3, 0.4) is 0 Å². The molecule has 1 aromatic carbocycles. The first-order chi connectivity index (χ1) is 9.20. The second kappa shape index (κ2) is 4.72. The average molecular weight is 276 g/mol. The zero-order valence-electron chi connectivity index (χ0n) is 10.5. The Kier molecular flexibility index (Phi) is 3.05. The molecule has 0 amide bonds. The number of furan rings is 1. The molecule has 2 N–H and O–H groups in total. The Labute approximate surface area is 115 Å². The molecule has 0 aliphatic rings. The van der Waals surface area contributed by atoms with E-state index in [9.17, 15) is 0 Å². The first kappa shape index (κ1) is 12.3. The zero-order valence-corrected chi connectivity index (χ0v) is 11.3. The number of hydrogen-bond donors (Lipinski definition) is 1. The number of rotatable bonds is 3. The summed E-state index contributed by atoms with van der Waals surface area (Å²) in [5, 5.41) is 5.80. The van der Waals surface area contributed by atoms with Gasteiger partial charge in [0.2, 0.25) is 0 Å². The summed E-state index contributed by atoms with van der Waals surface area (Å²) in [6.45, 7) is 2.72. The topological polar surface area (TPSA) is 57.0 Å². The maximum atomic E-state index is 6.26. The Hall–Kier alpha value is -1.78. The van der Waals surface area contributed by atoms with Crippen molar-refractivity contribution in [3.63, 3.8) is 0 Å². The van der Waals surface area contributed by atoms with Gasteiger partial charge in [-0.1, -0.05) is 29.8 Å². The highest BCUT2D eigenvalue weighted by Gasteiger charge is 2.21. The second-order valence-corrected chi connectivity index (χ2v) is 4.76. The van der Waals surface area contributed by atoms with Crippen LogP contribution in [0.1, 0.15) is 24.4 Å². The molecular weight excluding hydrogens is 262 g/mol. The van der Waals surface area contributed by atoms with Crippen molar-refractivity contribution in [3.05, 3.63) is 53.0 Å². The summed E-state index contributed by atoms with van der Waals surface area (Å²) in [4.78, 5) is 0. The fraction of sp³-hybridized carbons (Fsp3) is 0.214. The van der Waals surface area contributed by atoms with E-state index in [4.69, 9.17) is 21.8 Å². The number of fused-ring (bicyclic) bond motifs is 1. The third-order valence-electron chi connectivity index (χ3n) is 3.18. The molecular formula is C14H14ClN3O. The third-order valence-corrected chi connectivity index (χ3v) is 3.47. The minimum Gasteiger partial charge on any atom is -0.459 e. The lowest BCUT2D eigenvalue weighted by Crippen LogP contribution is -2.17. The lowest BCUT2D eigenvalue weighted by Gasteiger charge is -2.11. The van der Waals surface area contributed by atoms with Crippen LogP contribution >= 0.6 is 11.6 Å². The first-order valence-corrected chi connectivity index (χ1v) is 6.53. The van der Waals surface area contributed by atoms with Gasteiger partial charge in [0.15, 0.2) is 0 Å². The normalized spacial score (nSPS) is 13.0. The van der Waals surface area contributed by atoms with Crippen molar-refractivity contribution in [3.8, 4) is 0 Å². The van der Waals surface area contributed by atoms with Gasteiger partial charge in [-0.25, -0.2) is 0 Å². The molecule has 19 heavy (non-hydrogen) atoms. The number of halogens is 1. The lowest BCUT2D eigenvalue weighted by molar-refractivity contribution is 0.500. The monoisotopic (exact) mass is 275 g/mol. The summed E-state index contributed by atoms with van der Waals surface area (Å²) in [5.41, 5.74) is 7.87. The highest BCUT2D eigenvalue weighted by Crippen LogP contribution is 2.30. The predicted molar refractivity (Wildman–Crippen MR) is 75.2 cm³/mol. The predicted octanol–water partition coefficient (Wildman–Crippen LogP) is 3.35. The Balaban J connectivity index is 2.07. The van der Waals surface area contributed by atoms with Crippen LogP contribution in [-0.4, -0.2) is 9.78 Å². The summed E-state index contributed by atoms with van der Waals surface area (Å²) >= 11 is 6.16. The average Bonchev–Trinajstić information content (AvgIpc) is 3.01. The molecule has 0 aliphatic heterocycles. The minimum atomic E-state index is -0.414. The van der Waals surface area contributed by atoms with Gasteiger partial charge in [0, 0.05) is 11.9 Å². The molecule has 1 atom stereocenters. The van der Waals surface area contributed by atoms with Crippen molar-refractivity contribution in [2.75, 3.05) is 0 Å². The van der Waals surface area contributed by atoms with Gasteiger partial charge in [0.05, 0.1) is 16.9 Å². The van der Waals surface area contributed by atoms with Gasteiger partial charge < -0.3 is 10.2 Å². The van der Waals surface area contributed by atoms with Gasteiger partial charge in [0.25, 0.3) is 0 Å². The van der Waals surface area contributed by atoms with Gasteiger partial charge in [-0.3, -0.25) is 4.68 Å². The number of aromatic nitrogens is 2. The summed E-state index contributed by atoms with van der Waals surface area (Å²) in [6, 6.07) is 9.35. The number of nitrogens with two attached hydrogens (primary N) is 1. The quantitative estimate of drug-likeness (QED) is 0.797. The van der Waals surface area contributed by atoms with E-state index >= 15 is 0 Å². The third kappa shape index (κ3) is 2.03. The highest BCUT2D eigenvalue weighted by atomic mass is 35.5. The number of nitrogens with zero attached hydrogens (tertiary/aromatic N) is 2.